The summed E-state index contributed by atoms with van der Waals surface area (Å²) in [5.74, 6) is -1.90. The maximum atomic E-state index is 12.0. The van der Waals surface area contributed by atoms with Gasteiger partial charge in [0.25, 0.3) is 5.91 Å². The Morgan fingerprint density at radius 1 is 1.00 bits per heavy atom. The predicted octanol–water partition coefficient (Wildman–Crippen LogP) is -0.634. The minimum atomic E-state index is -0.873. The fraction of sp³-hybridized carbons (Fsp3) is 0.154. The molecule has 1 aromatic rings. The number of anilines is 1. The van der Waals surface area contributed by atoms with Gasteiger partial charge < -0.3 is 4.84 Å². The van der Waals surface area contributed by atoms with E-state index < -0.39 is 29.8 Å². The fourth-order valence-electron chi connectivity index (χ4n) is 2.10. The maximum Gasteiger partial charge on any atom is 0.363 e. The van der Waals surface area contributed by atoms with Crippen molar-refractivity contribution in [2.24, 2.45) is 0 Å². The lowest BCUT2D eigenvalue weighted by Crippen LogP contribution is -2.31. The fourth-order valence-corrected chi connectivity index (χ4v) is 2.10. The molecule has 1 aromatic carbocycles. The summed E-state index contributed by atoms with van der Waals surface area (Å²) in [6.07, 6.45) is 0. The molecule has 3 rings (SSSR count). The predicted molar refractivity (Wildman–Crippen MR) is 73.0 cm³/mol. The Bertz CT molecular complexity index is 746. The Kier molecular flexibility index (Phi) is 3.41. The first-order chi connectivity index (χ1) is 10.9. The van der Waals surface area contributed by atoms with E-state index in [9.17, 15) is 24.0 Å². The number of imide groups is 2. The monoisotopic (exact) mass is 318 g/mol. The molecule has 0 aromatic heterocycles. The van der Waals surface area contributed by atoms with Gasteiger partial charge >= 0.3 is 18.0 Å². The van der Waals surface area contributed by atoms with E-state index in [0.717, 1.165) is 4.90 Å². The third kappa shape index (κ3) is 2.81. The lowest BCUT2D eigenvalue weighted by Gasteiger charge is -2.15. The van der Waals surface area contributed by atoms with E-state index in [1.54, 1.807) is 6.07 Å². The summed E-state index contributed by atoms with van der Waals surface area (Å²) in [4.78, 5) is 63.2. The molecule has 10 heteroatoms. The van der Waals surface area contributed by atoms with Gasteiger partial charge in [-0.15, -0.1) is 5.06 Å². The first kappa shape index (κ1) is 14.5. The van der Waals surface area contributed by atoms with Crippen LogP contribution in [-0.2, 0) is 14.4 Å². The normalized spacial score (nSPS) is 17.4. The van der Waals surface area contributed by atoms with Crippen molar-refractivity contribution in [3.63, 3.8) is 0 Å². The average molecular weight is 318 g/mol. The number of hydrogen-bond donors (Lipinski definition) is 2. The van der Waals surface area contributed by atoms with Gasteiger partial charge in [0, 0.05) is 5.69 Å². The molecule has 2 aliphatic heterocycles. The SMILES string of the molecule is O=C1CN(OC(=O)c2cccc(N3CC(=O)NC3=O)c2)C(=O)N1. The summed E-state index contributed by atoms with van der Waals surface area (Å²) >= 11 is 0. The first-order valence-corrected chi connectivity index (χ1v) is 6.49. The molecular formula is C13H10N4O6. The standard InChI is InChI=1S/C13H10N4O6/c18-9-5-16(12(21)14-9)8-3-1-2-7(4-8)11(20)23-17-6-10(19)15-13(17)22/h1-4H,5-6H2,(H,14,18,21)(H,15,19,22). The zero-order chi connectivity index (χ0) is 16.6. The van der Waals surface area contributed by atoms with Crippen molar-refractivity contribution in [2.45, 2.75) is 0 Å². The van der Waals surface area contributed by atoms with E-state index in [0.29, 0.717) is 10.8 Å². The molecule has 118 valence electrons. The minimum Gasteiger partial charge on any atom is -0.331 e. The van der Waals surface area contributed by atoms with E-state index in [1.165, 1.54) is 18.2 Å². The summed E-state index contributed by atoms with van der Waals surface area (Å²) in [5.41, 5.74) is 0.381. The number of nitrogens with one attached hydrogen (secondary N) is 2. The van der Waals surface area contributed by atoms with Crippen LogP contribution < -0.4 is 15.5 Å². The minimum absolute atomic E-state index is 0.0572. The largest absolute Gasteiger partial charge is 0.363 e. The van der Waals surface area contributed by atoms with Gasteiger partial charge in [0.1, 0.15) is 13.1 Å². The number of hydrogen-bond acceptors (Lipinski definition) is 6. The Morgan fingerprint density at radius 3 is 2.30 bits per heavy atom. The molecule has 23 heavy (non-hydrogen) atoms. The van der Waals surface area contributed by atoms with Gasteiger partial charge in [0.15, 0.2) is 0 Å². The number of carbonyl (C=O) groups is 5. The van der Waals surface area contributed by atoms with Crippen LogP contribution in [0.5, 0.6) is 0 Å². The van der Waals surface area contributed by atoms with Crippen molar-refractivity contribution in [2.75, 3.05) is 18.0 Å². The molecule has 0 bridgehead atoms. The highest BCUT2D eigenvalue weighted by atomic mass is 16.7. The number of hydroxylamine groups is 2. The number of carbonyl (C=O) groups excluding carboxylic acids is 5. The van der Waals surface area contributed by atoms with Crippen LogP contribution in [0.3, 0.4) is 0 Å². The molecule has 2 N–H and O–H groups in total. The summed E-state index contributed by atoms with van der Waals surface area (Å²) in [6.45, 7) is -0.534. The van der Waals surface area contributed by atoms with Crippen LogP contribution in [0, 0.1) is 0 Å². The number of amides is 6. The molecule has 2 aliphatic rings. The zero-order valence-electron chi connectivity index (χ0n) is 11.6. The van der Waals surface area contributed by atoms with Crippen LogP contribution >= 0.6 is 0 Å². The quantitative estimate of drug-likeness (QED) is 0.715. The molecule has 2 fully saturated rings. The molecule has 0 spiro atoms. The van der Waals surface area contributed by atoms with Crippen LogP contribution in [0.2, 0.25) is 0 Å². The Hall–Kier alpha value is -3.43. The maximum absolute atomic E-state index is 12.0. The van der Waals surface area contributed by atoms with Gasteiger partial charge in [-0.2, -0.15) is 0 Å². The summed E-state index contributed by atoms with van der Waals surface area (Å²) in [5, 5.41) is 4.68. The molecule has 2 saturated heterocycles. The number of benzene rings is 1. The average Bonchev–Trinajstić information content (AvgIpc) is 3.00. The molecule has 2 heterocycles. The number of urea groups is 2. The van der Waals surface area contributed by atoms with Crippen molar-refractivity contribution in [1.82, 2.24) is 15.7 Å². The molecule has 0 radical (unpaired) electrons. The molecule has 6 amide bonds. The summed E-state index contributed by atoms with van der Waals surface area (Å²) in [6, 6.07) is 4.38. The summed E-state index contributed by atoms with van der Waals surface area (Å²) < 4.78 is 0. The van der Waals surface area contributed by atoms with E-state index in [2.05, 4.69) is 5.32 Å². The molecule has 10 nitrogen and oxygen atoms in total. The molecule has 0 aliphatic carbocycles. The van der Waals surface area contributed by atoms with Gasteiger partial charge in [0.05, 0.1) is 5.56 Å². The number of rotatable bonds is 3. The number of nitrogens with zero attached hydrogens (tertiary/aromatic N) is 2. The van der Waals surface area contributed by atoms with Crippen LogP contribution in [0.25, 0.3) is 0 Å². The highest BCUT2D eigenvalue weighted by Gasteiger charge is 2.31. The van der Waals surface area contributed by atoms with E-state index in [-0.39, 0.29) is 18.7 Å². The molecule has 0 unspecified atom stereocenters. The van der Waals surface area contributed by atoms with Gasteiger partial charge in [-0.1, -0.05) is 6.07 Å². The van der Waals surface area contributed by atoms with Gasteiger partial charge in [-0.3, -0.25) is 25.1 Å². The van der Waals surface area contributed by atoms with Crippen LogP contribution in [0.4, 0.5) is 15.3 Å². The van der Waals surface area contributed by atoms with Crippen molar-refractivity contribution in [3.05, 3.63) is 29.8 Å². The van der Waals surface area contributed by atoms with E-state index >= 15 is 0 Å². The summed E-state index contributed by atoms with van der Waals surface area (Å²) in [7, 11) is 0. The lowest BCUT2D eigenvalue weighted by molar-refractivity contribution is -0.122. The molecule has 0 atom stereocenters. The Labute approximate surface area is 128 Å². The third-order valence-electron chi connectivity index (χ3n) is 3.14. The van der Waals surface area contributed by atoms with Crippen molar-refractivity contribution >= 4 is 35.5 Å². The second-order valence-electron chi connectivity index (χ2n) is 4.76. The van der Waals surface area contributed by atoms with Crippen molar-refractivity contribution in [1.29, 1.82) is 0 Å². The lowest BCUT2D eigenvalue weighted by atomic mass is 10.2. The van der Waals surface area contributed by atoms with Crippen LogP contribution in [0.15, 0.2) is 24.3 Å². The second-order valence-corrected chi connectivity index (χ2v) is 4.76. The second kappa shape index (κ2) is 5.40. The van der Waals surface area contributed by atoms with Crippen molar-refractivity contribution in [3.8, 4) is 0 Å². The van der Waals surface area contributed by atoms with Gasteiger partial charge in [-0.05, 0) is 18.2 Å². The molecular weight excluding hydrogens is 308 g/mol. The zero-order valence-corrected chi connectivity index (χ0v) is 11.6. The Balaban J connectivity index is 1.76. The first-order valence-electron chi connectivity index (χ1n) is 6.49. The third-order valence-corrected chi connectivity index (χ3v) is 3.14. The van der Waals surface area contributed by atoms with Gasteiger partial charge in [-0.25, -0.2) is 14.4 Å². The topological polar surface area (TPSA) is 125 Å². The van der Waals surface area contributed by atoms with Crippen molar-refractivity contribution < 1.29 is 28.8 Å². The van der Waals surface area contributed by atoms with E-state index in [4.69, 9.17) is 4.84 Å². The van der Waals surface area contributed by atoms with Crippen LogP contribution in [0.1, 0.15) is 10.4 Å². The van der Waals surface area contributed by atoms with Gasteiger partial charge in [0.2, 0.25) is 5.91 Å². The Morgan fingerprint density at radius 2 is 1.70 bits per heavy atom. The smallest absolute Gasteiger partial charge is 0.331 e. The van der Waals surface area contributed by atoms with E-state index in [1.807, 2.05) is 5.32 Å². The molecule has 0 saturated carbocycles. The highest BCUT2D eigenvalue weighted by molar-refractivity contribution is 6.12. The van der Waals surface area contributed by atoms with Crippen LogP contribution in [-0.4, -0.2) is 48.0 Å². The highest BCUT2D eigenvalue weighted by Crippen LogP contribution is 2.19.